The molecule has 1 aliphatic rings. The van der Waals surface area contributed by atoms with E-state index in [9.17, 15) is 23.3 Å². The summed E-state index contributed by atoms with van der Waals surface area (Å²) >= 11 is 0. The van der Waals surface area contributed by atoms with Crippen molar-refractivity contribution in [2.45, 2.75) is 24.7 Å². The average molecular weight is 356 g/mol. The van der Waals surface area contributed by atoms with Gasteiger partial charge in [0.25, 0.3) is 5.69 Å². The molecular weight excluding hydrogens is 336 g/mol. The molecule has 0 aliphatic carbocycles. The van der Waals surface area contributed by atoms with E-state index in [0.29, 0.717) is 38.2 Å². The number of nitro groups is 1. The van der Waals surface area contributed by atoms with Gasteiger partial charge in [-0.25, -0.2) is 13.6 Å². The molecule has 1 heterocycles. The topological polar surface area (TPSA) is 136 Å². The Labute approximate surface area is 140 Å². The minimum Gasteiger partial charge on any atom is -0.370 e. The van der Waals surface area contributed by atoms with Crippen molar-refractivity contribution >= 4 is 27.3 Å². The molecule has 0 saturated carbocycles. The van der Waals surface area contributed by atoms with Crippen molar-refractivity contribution in [2.24, 2.45) is 11.1 Å². The fourth-order valence-corrected chi connectivity index (χ4v) is 3.58. The number of nitrogens with two attached hydrogens (primary N) is 1. The minimum absolute atomic E-state index is 0.00693. The molecule has 1 aliphatic heterocycles. The van der Waals surface area contributed by atoms with Crippen molar-refractivity contribution in [2.75, 3.05) is 24.5 Å². The number of non-ortho nitro benzene ring substituents is 1. The number of carbonyl (C=O) groups excluding carboxylic acids is 1. The lowest BCUT2D eigenvalue weighted by Crippen LogP contribution is -2.41. The first kappa shape index (κ1) is 18.1. The lowest BCUT2D eigenvalue weighted by atomic mass is 9.95. The number of carbonyl (C=O) groups is 1. The van der Waals surface area contributed by atoms with E-state index in [0.717, 1.165) is 6.07 Å². The molecule has 0 bridgehead atoms. The highest BCUT2D eigenvalue weighted by molar-refractivity contribution is 7.89. The van der Waals surface area contributed by atoms with Gasteiger partial charge in [-0.1, -0.05) is 0 Å². The minimum atomic E-state index is -4.10. The van der Waals surface area contributed by atoms with Gasteiger partial charge in [-0.15, -0.1) is 0 Å². The van der Waals surface area contributed by atoms with E-state index in [1.165, 1.54) is 12.1 Å². The Morgan fingerprint density at radius 2 is 2.04 bits per heavy atom. The number of piperidine rings is 1. The van der Waals surface area contributed by atoms with Crippen LogP contribution in [0.4, 0.5) is 11.4 Å². The van der Waals surface area contributed by atoms with Gasteiger partial charge in [0.1, 0.15) is 4.90 Å². The lowest BCUT2D eigenvalue weighted by molar-refractivity contribution is -0.385. The third-order valence-corrected chi connectivity index (χ3v) is 4.96. The van der Waals surface area contributed by atoms with Crippen LogP contribution in [0.5, 0.6) is 0 Å². The van der Waals surface area contributed by atoms with Crippen LogP contribution in [-0.2, 0) is 14.8 Å². The molecule has 1 fully saturated rings. The van der Waals surface area contributed by atoms with Crippen molar-refractivity contribution in [3.05, 3.63) is 28.3 Å². The van der Waals surface area contributed by atoms with Gasteiger partial charge in [0.15, 0.2) is 0 Å². The van der Waals surface area contributed by atoms with E-state index in [1.54, 1.807) is 4.90 Å². The summed E-state index contributed by atoms with van der Waals surface area (Å²) in [5.41, 5.74) is -0.00238. The maximum atomic E-state index is 11.9. The number of sulfonamides is 1. The molecule has 2 rings (SSSR count). The zero-order valence-corrected chi connectivity index (χ0v) is 14.1. The smallest absolute Gasteiger partial charge is 0.270 e. The number of nitrogens with zero attached hydrogens (tertiary/aromatic N) is 2. The molecule has 0 spiro atoms. The van der Waals surface area contributed by atoms with Crippen LogP contribution < -0.4 is 15.4 Å². The molecule has 1 amide bonds. The Morgan fingerprint density at radius 3 is 2.54 bits per heavy atom. The monoisotopic (exact) mass is 356 g/mol. The van der Waals surface area contributed by atoms with Crippen LogP contribution in [0.3, 0.4) is 0 Å². The van der Waals surface area contributed by atoms with Crippen molar-refractivity contribution in [3.63, 3.8) is 0 Å². The first-order valence-electron chi connectivity index (χ1n) is 7.58. The molecule has 24 heavy (non-hydrogen) atoms. The molecule has 0 atom stereocenters. The van der Waals surface area contributed by atoms with Crippen LogP contribution in [-0.4, -0.2) is 38.9 Å². The van der Waals surface area contributed by atoms with Crippen molar-refractivity contribution < 1.29 is 18.1 Å². The molecule has 0 radical (unpaired) electrons. The van der Waals surface area contributed by atoms with Gasteiger partial charge in [-0.3, -0.25) is 14.9 Å². The standard InChI is InChI=1S/C14H20N4O5S/c1-2-16-14(19)10-5-7-17(8-6-10)12-4-3-11(18(20)21)9-13(12)24(15,22)23/h3-4,9-10H,2,5-8H2,1H3,(H,16,19)(H2,15,22,23). The van der Waals surface area contributed by atoms with E-state index in [-0.39, 0.29) is 22.4 Å². The number of anilines is 1. The summed E-state index contributed by atoms with van der Waals surface area (Å²) in [6.07, 6.45) is 1.15. The predicted molar refractivity (Wildman–Crippen MR) is 88.1 cm³/mol. The van der Waals surface area contributed by atoms with Crippen LogP contribution in [0.2, 0.25) is 0 Å². The summed E-state index contributed by atoms with van der Waals surface area (Å²) in [7, 11) is -4.10. The number of hydrogen-bond acceptors (Lipinski definition) is 6. The number of nitro benzene ring substituents is 1. The second kappa shape index (κ2) is 7.14. The SMILES string of the molecule is CCNC(=O)C1CCN(c2ccc([N+](=O)[O-])cc2S(N)(=O)=O)CC1. The quantitative estimate of drug-likeness (QED) is 0.585. The van der Waals surface area contributed by atoms with Crippen LogP contribution in [0.15, 0.2) is 23.1 Å². The summed E-state index contributed by atoms with van der Waals surface area (Å²) in [4.78, 5) is 23.6. The molecule has 3 N–H and O–H groups in total. The highest BCUT2D eigenvalue weighted by atomic mass is 32.2. The second-order valence-electron chi connectivity index (χ2n) is 5.61. The number of rotatable bonds is 5. The van der Waals surface area contributed by atoms with Crippen LogP contribution in [0.1, 0.15) is 19.8 Å². The van der Waals surface area contributed by atoms with Crippen molar-refractivity contribution in [3.8, 4) is 0 Å². The molecule has 0 unspecified atom stereocenters. The van der Waals surface area contributed by atoms with Gasteiger partial charge in [0.05, 0.1) is 10.6 Å². The van der Waals surface area contributed by atoms with Crippen LogP contribution in [0.25, 0.3) is 0 Å². The average Bonchev–Trinajstić information content (AvgIpc) is 2.54. The Bertz CT molecular complexity index is 742. The van der Waals surface area contributed by atoms with Crippen LogP contribution >= 0.6 is 0 Å². The van der Waals surface area contributed by atoms with Gasteiger partial charge >= 0.3 is 0 Å². The lowest BCUT2D eigenvalue weighted by Gasteiger charge is -2.33. The zero-order valence-electron chi connectivity index (χ0n) is 13.3. The fraction of sp³-hybridized carbons (Fsp3) is 0.500. The number of amides is 1. The van der Waals surface area contributed by atoms with E-state index < -0.39 is 14.9 Å². The fourth-order valence-electron chi connectivity index (χ4n) is 2.81. The summed E-state index contributed by atoms with van der Waals surface area (Å²) in [6, 6.07) is 3.62. The highest BCUT2D eigenvalue weighted by Crippen LogP contribution is 2.31. The second-order valence-corrected chi connectivity index (χ2v) is 7.14. The predicted octanol–water partition coefficient (Wildman–Crippen LogP) is 0.595. The molecule has 10 heteroatoms. The maximum Gasteiger partial charge on any atom is 0.270 e. The maximum absolute atomic E-state index is 11.9. The highest BCUT2D eigenvalue weighted by Gasteiger charge is 2.28. The first-order valence-corrected chi connectivity index (χ1v) is 9.12. The molecular formula is C14H20N4O5S. The van der Waals surface area contributed by atoms with Gasteiger partial charge in [0.2, 0.25) is 15.9 Å². The third-order valence-electron chi connectivity index (χ3n) is 4.02. The Hall–Kier alpha value is -2.20. The molecule has 0 aromatic heterocycles. The van der Waals surface area contributed by atoms with Gasteiger partial charge < -0.3 is 10.2 Å². The summed E-state index contributed by atoms with van der Waals surface area (Å²) < 4.78 is 23.6. The molecule has 1 saturated heterocycles. The van der Waals surface area contributed by atoms with E-state index >= 15 is 0 Å². The van der Waals surface area contributed by atoms with E-state index in [4.69, 9.17) is 5.14 Å². The first-order chi connectivity index (χ1) is 11.2. The van der Waals surface area contributed by atoms with Crippen LogP contribution in [0, 0.1) is 16.0 Å². The molecule has 1 aromatic rings. The normalized spacial score (nSPS) is 16.0. The third kappa shape index (κ3) is 4.01. The summed E-state index contributed by atoms with van der Waals surface area (Å²) in [6.45, 7) is 3.36. The van der Waals surface area contributed by atoms with Gasteiger partial charge in [-0.05, 0) is 25.8 Å². The number of benzene rings is 1. The Balaban J connectivity index is 2.24. The summed E-state index contributed by atoms with van der Waals surface area (Å²) in [5.74, 6) is -0.121. The molecule has 1 aromatic carbocycles. The number of nitrogens with one attached hydrogen (secondary N) is 1. The summed E-state index contributed by atoms with van der Waals surface area (Å²) in [5, 5.41) is 18.8. The van der Waals surface area contributed by atoms with Crippen molar-refractivity contribution in [1.82, 2.24) is 5.32 Å². The zero-order chi connectivity index (χ0) is 17.9. The largest absolute Gasteiger partial charge is 0.370 e. The van der Waals surface area contributed by atoms with E-state index in [2.05, 4.69) is 5.32 Å². The van der Waals surface area contributed by atoms with Crippen molar-refractivity contribution in [1.29, 1.82) is 0 Å². The van der Waals surface area contributed by atoms with E-state index in [1.807, 2.05) is 6.92 Å². The van der Waals surface area contributed by atoms with Gasteiger partial charge in [0, 0.05) is 37.7 Å². The number of hydrogen-bond donors (Lipinski definition) is 2. The van der Waals surface area contributed by atoms with Gasteiger partial charge in [-0.2, -0.15) is 0 Å². The molecule has 9 nitrogen and oxygen atoms in total. The molecule has 132 valence electrons. The Morgan fingerprint density at radius 1 is 1.42 bits per heavy atom. The number of primary sulfonamides is 1. The Kier molecular flexibility index (Phi) is 5.40.